The molecule has 1 unspecified atom stereocenters. The summed E-state index contributed by atoms with van der Waals surface area (Å²) < 4.78 is 42.2. The Hall–Kier alpha value is -2.54. The SMILES string of the molecule is CC(C)(CC(O)(Cc1cc2cc(N3CCCC3)ncc2[nH]1)C(F)(F)F)c1ccccc1. The first-order valence-corrected chi connectivity index (χ1v) is 10.6. The summed E-state index contributed by atoms with van der Waals surface area (Å²) >= 11 is 0. The van der Waals surface area contributed by atoms with Gasteiger partial charge in [0.05, 0.1) is 11.7 Å². The van der Waals surface area contributed by atoms with Gasteiger partial charge in [0.25, 0.3) is 0 Å². The Morgan fingerprint density at radius 2 is 1.74 bits per heavy atom. The number of halogens is 3. The second-order valence-electron chi connectivity index (χ2n) is 9.25. The van der Waals surface area contributed by atoms with E-state index in [2.05, 4.69) is 14.9 Å². The number of rotatable bonds is 6. The maximum Gasteiger partial charge on any atom is 0.417 e. The van der Waals surface area contributed by atoms with Crippen molar-refractivity contribution in [1.29, 1.82) is 0 Å². The standard InChI is InChI=1S/C24H28F3N3O/c1-22(2,18-8-4-3-5-9-18)16-23(31,24(25,26)27)14-19-12-17-13-21(28-15-20(17)29-19)30-10-6-7-11-30/h3-5,8-9,12-13,15,29,31H,6-7,10-11,14,16H2,1-2H3. The predicted octanol–water partition coefficient (Wildman–Crippen LogP) is 5.37. The van der Waals surface area contributed by atoms with Gasteiger partial charge in [-0.15, -0.1) is 0 Å². The van der Waals surface area contributed by atoms with E-state index in [9.17, 15) is 18.3 Å². The molecule has 1 saturated heterocycles. The number of fused-ring (bicyclic) bond motifs is 1. The summed E-state index contributed by atoms with van der Waals surface area (Å²) in [6, 6.07) is 12.6. The lowest BCUT2D eigenvalue weighted by Gasteiger charge is -2.37. The summed E-state index contributed by atoms with van der Waals surface area (Å²) in [6.07, 6.45) is -1.86. The summed E-state index contributed by atoms with van der Waals surface area (Å²) in [5.41, 5.74) is -1.95. The summed E-state index contributed by atoms with van der Waals surface area (Å²) in [5.74, 6) is 0.840. The van der Waals surface area contributed by atoms with Gasteiger partial charge in [0.15, 0.2) is 5.60 Å². The van der Waals surface area contributed by atoms with E-state index in [1.165, 1.54) is 0 Å². The molecule has 1 fully saturated rings. The Balaban J connectivity index is 1.62. The maximum atomic E-state index is 14.1. The van der Waals surface area contributed by atoms with Crippen LogP contribution in [0.2, 0.25) is 0 Å². The molecule has 1 aliphatic heterocycles. The molecule has 0 amide bonds. The van der Waals surface area contributed by atoms with E-state index in [1.807, 2.05) is 12.1 Å². The highest BCUT2D eigenvalue weighted by molar-refractivity contribution is 5.82. The van der Waals surface area contributed by atoms with Crippen molar-refractivity contribution >= 4 is 16.7 Å². The molecule has 0 bridgehead atoms. The smallest absolute Gasteiger partial charge is 0.380 e. The van der Waals surface area contributed by atoms with Crippen molar-refractivity contribution in [3.8, 4) is 0 Å². The van der Waals surface area contributed by atoms with Gasteiger partial charge in [0.2, 0.25) is 0 Å². The Morgan fingerprint density at radius 1 is 1.06 bits per heavy atom. The molecule has 7 heteroatoms. The summed E-state index contributed by atoms with van der Waals surface area (Å²) in [5, 5.41) is 11.7. The van der Waals surface area contributed by atoms with Crippen LogP contribution in [0.5, 0.6) is 0 Å². The first kappa shape index (κ1) is 21.7. The number of benzene rings is 1. The number of aromatic amines is 1. The number of aromatic nitrogens is 2. The van der Waals surface area contributed by atoms with Crippen molar-refractivity contribution in [3.63, 3.8) is 0 Å². The van der Waals surface area contributed by atoms with Crippen molar-refractivity contribution in [2.45, 2.75) is 56.7 Å². The molecule has 2 aromatic heterocycles. The van der Waals surface area contributed by atoms with E-state index in [0.717, 1.165) is 42.7 Å². The van der Waals surface area contributed by atoms with Crippen LogP contribution in [0.25, 0.3) is 10.9 Å². The summed E-state index contributed by atoms with van der Waals surface area (Å²) in [7, 11) is 0. The van der Waals surface area contributed by atoms with Gasteiger partial charge in [-0.1, -0.05) is 44.2 Å². The number of H-pyrrole nitrogens is 1. The van der Waals surface area contributed by atoms with Gasteiger partial charge in [-0.3, -0.25) is 0 Å². The van der Waals surface area contributed by atoms with E-state index in [0.29, 0.717) is 11.2 Å². The quantitative estimate of drug-likeness (QED) is 0.552. The molecule has 3 aromatic rings. The lowest BCUT2D eigenvalue weighted by Crippen LogP contribution is -2.50. The third-order valence-electron chi connectivity index (χ3n) is 6.28. The number of anilines is 1. The molecule has 3 heterocycles. The topological polar surface area (TPSA) is 52.1 Å². The molecule has 0 aliphatic carbocycles. The monoisotopic (exact) mass is 431 g/mol. The fraction of sp³-hybridized carbons (Fsp3) is 0.458. The van der Waals surface area contributed by atoms with Crippen LogP contribution in [0.3, 0.4) is 0 Å². The van der Waals surface area contributed by atoms with Crippen molar-refractivity contribution in [2.24, 2.45) is 0 Å². The third-order valence-corrected chi connectivity index (χ3v) is 6.28. The van der Waals surface area contributed by atoms with Crippen molar-refractivity contribution < 1.29 is 18.3 Å². The van der Waals surface area contributed by atoms with Gasteiger partial charge < -0.3 is 15.0 Å². The maximum absolute atomic E-state index is 14.1. The number of hydrogen-bond donors (Lipinski definition) is 2. The normalized spacial score (nSPS) is 17.3. The second kappa shape index (κ2) is 7.86. The molecule has 1 atom stereocenters. The van der Waals surface area contributed by atoms with Crippen LogP contribution in [0.15, 0.2) is 48.7 Å². The molecule has 0 spiro atoms. The Labute approximate surface area is 180 Å². The van der Waals surface area contributed by atoms with Crippen LogP contribution in [0.1, 0.15) is 44.4 Å². The fourth-order valence-corrected chi connectivity index (χ4v) is 4.59. The average molecular weight is 432 g/mol. The van der Waals surface area contributed by atoms with Gasteiger partial charge in [0, 0.05) is 30.6 Å². The lowest BCUT2D eigenvalue weighted by molar-refractivity contribution is -0.266. The Bertz CT molecular complexity index is 1040. The number of nitrogens with one attached hydrogen (secondary N) is 1. The fourth-order valence-electron chi connectivity index (χ4n) is 4.59. The first-order chi connectivity index (χ1) is 14.6. The van der Waals surface area contributed by atoms with Crippen molar-refractivity contribution in [2.75, 3.05) is 18.0 Å². The zero-order valence-corrected chi connectivity index (χ0v) is 17.8. The molecule has 1 aromatic carbocycles. The van der Waals surface area contributed by atoms with Gasteiger partial charge in [-0.25, -0.2) is 4.98 Å². The van der Waals surface area contributed by atoms with E-state index < -0.39 is 30.0 Å². The number of aliphatic hydroxyl groups is 1. The highest BCUT2D eigenvalue weighted by Gasteiger charge is 2.56. The minimum Gasteiger partial charge on any atom is -0.380 e. The van der Waals surface area contributed by atoms with Crippen molar-refractivity contribution in [1.82, 2.24) is 9.97 Å². The Morgan fingerprint density at radius 3 is 2.39 bits per heavy atom. The van der Waals surface area contributed by atoms with Gasteiger partial charge in [-0.2, -0.15) is 13.2 Å². The summed E-state index contributed by atoms with van der Waals surface area (Å²) in [4.78, 5) is 9.66. The van der Waals surface area contributed by atoms with Crippen molar-refractivity contribution in [3.05, 3.63) is 59.9 Å². The largest absolute Gasteiger partial charge is 0.417 e. The molecule has 4 nitrogen and oxygen atoms in total. The average Bonchev–Trinajstić information content (AvgIpc) is 3.36. The Kier molecular flexibility index (Phi) is 5.50. The van der Waals surface area contributed by atoms with Crippen LogP contribution in [0, 0.1) is 0 Å². The van der Waals surface area contributed by atoms with Crippen LogP contribution < -0.4 is 4.90 Å². The van der Waals surface area contributed by atoms with Gasteiger partial charge in [0.1, 0.15) is 5.82 Å². The molecule has 0 radical (unpaired) electrons. The van der Waals surface area contributed by atoms with Crippen LogP contribution in [-0.4, -0.2) is 39.9 Å². The number of alkyl halides is 3. The van der Waals surface area contributed by atoms with Gasteiger partial charge in [-0.05, 0) is 42.4 Å². The molecule has 0 saturated carbocycles. The molecular formula is C24H28F3N3O. The summed E-state index contributed by atoms with van der Waals surface area (Å²) in [6.45, 7) is 5.35. The number of hydrogen-bond acceptors (Lipinski definition) is 3. The lowest BCUT2D eigenvalue weighted by atomic mass is 9.73. The zero-order valence-electron chi connectivity index (χ0n) is 17.8. The van der Waals surface area contributed by atoms with Gasteiger partial charge >= 0.3 is 6.18 Å². The first-order valence-electron chi connectivity index (χ1n) is 10.6. The molecule has 2 N–H and O–H groups in total. The van der Waals surface area contributed by atoms with E-state index in [4.69, 9.17) is 0 Å². The third kappa shape index (κ3) is 4.42. The minimum atomic E-state index is -4.77. The van der Waals surface area contributed by atoms with Crippen LogP contribution in [0.4, 0.5) is 19.0 Å². The molecule has 4 rings (SSSR count). The highest BCUT2D eigenvalue weighted by atomic mass is 19.4. The van der Waals surface area contributed by atoms with Crippen LogP contribution >= 0.6 is 0 Å². The minimum absolute atomic E-state index is 0.346. The number of nitrogens with zero attached hydrogens (tertiary/aromatic N) is 2. The number of pyridine rings is 1. The van der Waals surface area contributed by atoms with E-state index in [-0.39, 0.29) is 0 Å². The second-order valence-corrected chi connectivity index (χ2v) is 9.25. The highest BCUT2D eigenvalue weighted by Crippen LogP contribution is 2.43. The molecule has 31 heavy (non-hydrogen) atoms. The van der Waals surface area contributed by atoms with Crippen LogP contribution in [-0.2, 0) is 11.8 Å². The van der Waals surface area contributed by atoms with E-state index >= 15 is 0 Å². The van der Waals surface area contributed by atoms with E-state index in [1.54, 1.807) is 50.4 Å². The molecule has 1 aliphatic rings. The predicted molar refractivity (Wildman–Crippen MR) is 116 cm³/mol. The molecular weight excluding hydrogens is 403 g/mol. The molecule has 166 valence electrons. The zero-order chi connectivity index (χ0) is 22.3.